The van der Waals surface area contributed by atoms with Crippen LogP contribution < -0.4 is 26.4 Å². The van der Waals surface area contributed by atoms with Gasteiger partial charge in [-0.2, -0.15) is 13.2 Å². The second-order valence-electron chi connectivity index (χ2n) is 16.1. The Bertz CT molecular complexity index is 2420. The zero-order chi connectivity index (χ0) is 44.6. The Hall–Kier alpha value is -6.37. The molecule has 15 nitrogen and oxygen atoms in total. The number of likely N-dealkylation sites (N-methyl/N-ethyl adjacent to an activating group) is 1. The van der Waals surface area contributed by atoms with Crippen molar-refractivity contribution in [2.75, 3.05) is 55.3 Å². The number of rotatable bonds is 11. The van der Waals surface area contributed by atoms with E-state index in [4.69, 9.17) is 0 Å². The molecule has 4 aliphatic heterocycles. The summed E-state index contributed by atoms with van der Waals surface area (Å²) in [4.78, 5) is 97.8. The van der Waals surface area contributed by atoms with Crippen LogP contribution in [-0.2, 0) is 20.6 Å². The van der Waals surface area contributed by atoms with E-state index in [1.54, 1.807) is 23.1 Å². The lowest BCUT2D eigenvalue weighted by Gasteiger charge is -2.44. The van der Waals surface area contributed by atoms with Crippen LogP contribution in [0.25, 0.3) is 5.57 Å². The minimum absolute atomic E-state index is 0.00846. The van der Waals surface area contributed by atoms with Gasteiger partial charge >= 0.3 is 6.18 Å². The molecule has 328 valence electrons. The first-order valence-electron chi connectivity index (χ1n) is 20.4. The molecule has 0 aliphatic carbocycles. The van der Waals surface area contributed by atoms with Gasteiger partial charge in [0.15, 0.2) is 0 Å². The number of hydrogen-bond acceptors (Lipinski definition) is 10. The number of pyridine rings is 1. The van der Waals surface area contributed by atoms with Gasteiger partial charge in [0.05, 0.1) is 33.6 Å². The number of nitrogens with one attached hydrogen (secondary N) is 4. The highest BCUT2D eigenvalue weighted by molar-refractivity contribution is 6.25. The fraction of sp³-hybridized carbons (Fsp3) is 0.419. The number of anilines is 3. The Labute approximate surface area is 353 Å². The Kier molecular flexibility index (Phi) is 12.4. The summed E-state index contributed by atoms with van der Waals surface area (Å²) in [7, 11) is 1.96. The van der Waals surface area contributed by atoms with Gasteiger partial charge < -0.3 is 25.4 Å². The number of H-pyrrole nitrogens is 1. The third-order valence-corrected chi connectivity index (χ3v) is 12.0. The van der Waals surface area contributed by atoms with Crippen LogP contribution in [0.1, 0.15) is 94.6 Å². The SMILES string of the molecule is C[C@@H]1CN(c2cc(F)c(C3=CCN(C(=O)CCCCNc4cccc5c4C(=O)N(C4CCC(=O)NC4=O)C5=O)CC3)cc2NC(=O)c2c[nH]c(=O)cc2C(F)(F)F)C[C@H](C)N1C. The lowest BCUT2D eigenvalue weighted by molar-refractivity contribution is -0.138. The van der Waals surface area contributed by atoms with Crippen LogP contribution in [0.2, 0.25) is 0 Å². The number of halogens is 4. The van der Waals surface area contributed by atoms with E-state index < -0.39 is 64.3 Å². The molecule has 1 unspecified atom stereocenters. The largest absolute Gasteiger partial charge is 0.417 e. The van der Waals surface area contributed by atoms with Crippen molar-refractivity contribution < 1.29 is 46.3 Å². The molecule has 5 heterocycles. The second-order valence-corrected chi connectivity index (χ2v) is 16.1. The van der Waals surface area contributed by atoms with Gasteiger partial charge in [-0.15, -0.1) is 0 Å². The average Bonchev–Trinajstić information content (AvgIpc) is 3.48. The minimum Gasteiger partial charge on any atom is -0.384 e. The number of nitrogens with zero attached hydrogens (tertiary/aromatic N) is 4. The second kappa shape index (κ2) is 17.5. The third kappa shape index (κ3) is 8.84. The first-order valence-corrected chi connectivity index (χ1v) is 20.4. The van der Waals surface area contributed by atoms with Crippen molar-refractivity contribution in [3.05, 3.63) is 92.7 Å². The zero-order valence-corrected chi connectivity index (χ0v) is 34.3. The van der Waals surface area contributed by atoms with Gasteiger partial charge in [-0.1, -0.05) is 12.1 Å². The number of piperidine rings is 1. The lowest BCUT2D eigenvalue weighted by Crippen LogP contribution is -2.55. The monoisotopic (exact) mass is 862 g/mol. The smallest absolute Gasteiger partial charge is 0.384 e. The summed E-state index contributed by atoms with van der Waals surface area (Å²) in [6.07, 6.45) is -1.05. The first-order chi connectivity index (χ1) is 29.4. The number of carbonyl (C=O) groups is 6. The molecular weight excluding hydrogens is 817 g/mol. The van der Waals surface area contributed by atoms with E-state index in [1.807, 2.05) is 25.8 Å². The fourth-order valence-electron chi connectivity index (χ4n) is 8.44. The first kappa shape index (κ1) is 43.7. The summed E-state index contributed by atoms with van der Waals surface area (Å²) in [5.41, 5.74) is -1.47. The standard InChI is InChI=1S/C43H46F4N8O7/c1-23-21-54(22-24(2)52(23)3)34-19-30(44)27(17-32(34)50-39(59)28-20-49-36(57)18-29(28)43(45,46)47)25-12-15-53(16-13-25)37(58)9-4-5-14-48-31-8-6-7-26-38(31)42(62)55(41(26)61)33-10-11-35(56)51-40(33)60/h6-8,12,17-20,23-24,33,48H,4-5,9-11,13-16,21-22H2,1-3H3,(H,49,57)(H,50,59)(H,51,56,60)/t23-,24+,33?. The molecule has 7 rings (SSSR count). The van der Waals surface area contributed by atoms with Crippen LogP contribution in [0.4, 0.5) is 34.6 Å². The van der Waals surface area contributed by atoms with Crippen molar-refractivity contribution >= 4 is 58.1 Å². The lowest BCUT2D eigenvalue weighted by atomic mass is 9.96. The molecule has 19 heteroatoms. The highest BCUT2D eigenvalue weighted by Crippen LogP contribution is 2.38. The summed E-state index contributed by atoms with van der Waals surface area (Å²) in [6.45, 7) is 5.68. The zero-order valence-electron chi connectivity index (χ0n) is 34.3. The summed E-state index contributed by atoms with van der Waals surface area (Å²) < 4.78 is 57.8. The van der Waals surface area contributed by atoms with Crippen LogP contribution in [0.5, 0.6) is 0 Å². The van der Waals surface area contributed by atoms with Gasteiger partial charge in [0.1, 0.15) is 11.9 Å². The van der Waals surface area contributed by atoms with Crippen molar-refractivity contribution in [1.29, 1.82) is 0 Å². The van der Waals surface area contributed by atoms with E-state index in [9.17, 15) is 46.7 Å². The van der Waals surface area contributed by atoms with Gasteiger partial charge in [-0.25, -0.2) is 4.39 Å². The number of fused-ring (bicyclic) bond motifs is 1. The predicted molar refractivity (Wildman–Crippen MR) is 220 cm³/mol. The number of alkyl halides is 3. The molecule has 0 bridgehead atoms. The number of piperazine rings is 1. The molecule has 62 heavy (non-hydrogen) atoms. The maximum atomic E-state index is 16.1. The number of carbonyl (C=O) groups excluding carboxylic acids is 6. The van der Waals surface area contributed by atoms with Crippen molar-refractivity contribution in [1.82, 2.24) is 25.0 Å². The highest BCUT2D eigenvalue weighted by atomic mass is 19.4. The number of aromatic nitrogens is 1. The Morgan fingerprint density at radius 1 is 0.919 bits per heavy atom. The molecule has 4 N–H and O–H groups in total. The van der Waals surface area contributed by atoms with E-state index in [0.717, 1.165) is 4.90 Å². The molecule has 0 spiro atoms. The molecule has 2 fully saturated rings. The minimum atomic E-state index is -5.00. The molecular formula is C43H46F4N8O7. The molecule has 2 aromatic carbocycles. The molecule has 1 aromatic heterocycles. The van der Waals surface area contributed by atoms with Gasteiger partial charge in [0, 0.05) is 81.2 Å². The quantitative estimate of drug-likeness (QED) is 0.121. The number of unbranched alkanes of at least 4 members (excludes halogenated alkanes) is 1. The summed E-state index contributed by atoms with van der Waals surface area (Å²) in [6, 6.07) is 6.75. The average molecular weight is 863 g/mol. The molecule has 2 saturated heterocycles. The molecule has 3 aromatic rings. The van der Waals surface area contributed by atoms with Crippen LogP contribution in [-0.4, -0.2) is 113 Å². The van der Waals surface area contributed by atoms with Crippen LogP contribution in [0, 0.1) is 5.82 Å². The van der Waals surface area contributed by atoms with Gasteiger partial charge in [0.2, 0.25) is 23.3 Å². The summed E-state index contributed by atoms with van der Waals surface area (Å²) in [5, 5.41) is 7.92. The highest BCUT2D eigenvalue weighted by Gasteiger charge is 2.45. The van der Waals surface area contributed by atoms with Gasteiger partial charge in [0.25, 0.3) is 17.7 Å². The van der Waals surface area contributed by atoms with Crippen molar-refractivity contribution in [2.24, 2.45) is 0 Å². The van der Waals surface area contributed by atoms with Crippen molar-refractivity contribution in [2.45, 2.75) is 76.7 Å². The maximum absolute atomic E-state index is 16.1. The Balaban J connectivity index is 0.994. The Morgan fingerprint density at radius 3 is 2.34 bits per heavy atom. The Morgan fingerprint density at radius 2 is 1.66 bits per heavy atom. The van der Waals surface area contributed by atoms with Crippen LogP contribution >= 0.6 is 0 Å². The normalized spacial score (nSPS) is 20.9. The van der Waals surface area contributed by atoms with E-state index in [1.165, 1.54) is 18.2 Å². The number of hydrogen-bond donors (Lipinski definition) is 4. The number of aromatic amines is 1. The third-order valence-electron chi connectivity index (χ3n) is 12.0. The van der Waals surface area contributed by atoms with E-state index in [2.05, 4.69) is 25.8 Å². The number of benzene rings is 2. The van der Waals surface area contributed by atoms with E-state index >= 15 is 4.39 Å². The fourth-order valence-corrected chi connectivity index (χ4v) is 8.44. The molecule has 3 atom stereocenters. The molecule has 6 amide bonds. The van der Waals surface area contributed by atoms with Crippen LogP contribution in [0.15, 0.2) is 53.5 Å². The van der Waals surface area contributed by atoms with E-state index in [-0.39, 0.29) is 84.8 Å². The molecule has 4 aliphatic rings. The topological polar surface area (TPSA) is 184 Å². The van der Waals surface area contributed by atoms with Crippen molar-refractivity contribution in [3.63, 3.8) is 0 Å². The summed E-state index contributed by atoms with van der Waals surface area (Å²) in [5.74, 6) is -4.28. The van der Waals surface area contributed by atoms with Crippen LogP contribution in [0.3, 0.4) is 0 Å². The van der Waals surface area contributed by atoms with Gasteiger partial charge in [-0.3, -0.25) is 48.7 Å². The van der Waals surface area contributed by atoms with Gasteiger partial charge in [-0.05, 0) is 76.4 Å². The summed E-state index contributed by atoms with van der Waals surface area (Å²) >= 11 is 0. The van der Waals surface area contributed by atoms with Crippen molar-refractivity contribution in [3.8, 4) is 0 Å². The number of amides is 6. The maximum Gasteiger partial charge on any atom is 0.417 e. The molecule has 0 radical (unpaired) electrons. The number of imide groups is 2. The van der Waals surface area contributed by atoms with E-state index in [0.29, 0.717) is 56.0 Å². The molecule has 0 saturated carbocycles. The predicted octanol–water partition coefficient (Wildman–Crippen LogP) is 4.61.